The maximum Gasteiger partial charge on any atom is 0.244 e. The van der Waals surface area contributed by atoms with Gasteiger partial charge in [-0.2, -0.15) is 5.10 Å². The summed E-state index contributed by atoms with van der Waals surface area (Å²) in [5, 5.41) is 10.1. The summed E-state index contributed by atoms with van der Waals surface area (Å²) in [5.74, 6) is -0.299. The topological polar surface area (TPSA) is 76.2 Å². The summed E-state index contributed by atoms with van der Waals surface area (Å²) < 4.78 is 25.3. The number of rotatable bonds is 5. The Morgan fingerprint density at radius 3 is 2.89 bits per heavy atom. The van der Waals surface area contributed by atoms with Gasteiger partial charge in [0.05, 0.1) is 16.9 Å². The molecule has 6 nitrogen and oxygen atoms in total. The number of fused-ring (bicyclic) bond motifs is 1. The Labute approximate surface area is 160 Å². The van der Waals surface area contributed by atoms with E-state index < -0.39 is 5.82 Å². The van der Waals surface area contributed by atoms with Crippen LogP contribution in [-0.4, -0.2) is 22.4 Å². The van der Waals surface area contributed by atoms with E-state index in [1.54, 1.807) is 24.5 Å². The molecule has 0 saturated carbocycles. The summed E-state index contributed by atoms with van der Waals surface area (Å²) in [6.07, 6.45) is 5.30. The zero-order valence-corrected chi connectivity index (χ0v) is 15.1. The van der Waals surface area contributed by atoms with Gasteiger partial charge in [-0.25, -0.2) is 4.39 Å². The van der Waals surface area contributed by atoms with Crippen LogP contribution in [0.15, 0.2) is 60.6 Å². The Balaban J connectivity index is 1.47. The number of aromatic amines is 1. The Hall–Kier alpha value is -3.61. The number of H-pyrrole nitrogens is 1. The smallest absolute Gasteiger partial charge is 0.244 e. The van der Waals surface area contributed by atoms with Gasteiger partial charge >= 0.3 is 0 Å². The summed E-state index contributed by atoms with van der Waals surface area (Å²) in [4.78, 5) is 11.2. The molecule has 4 rings (SSSR count). The molecule has 1 aliphatic heterocycles. The highest BCUT2D eigenvalue weighted by Crippen LogP contribution is 2.26. The van der Waals surface area contributed by atoms with Crippen molar-refractivity contribution in [2.45, 2.75) is 19.6 Å². The average molecular weight is 379 g/mol. The lowest BCUT2D eigenvalue weighted by Gasteiger charge is -2.10. The van der Waals surface area contributed by atoms with E-state index >= 15 is 0 Å². The lowest BCUT2D eigenvalue weighted by molar-refractivity contribution is -0.114. The van der Waals surface area contributed by atoms with E-state index in [0.717, 1.165) is 5.56 Å². The monoisotopic (exact) mass is 379 g/mol. The maximum absolute atomic E-state index is 14.0. The zero-order chi connectivity index (χ0) is 19.5. The summed E-state index contributed by atoms with van der Waals surface area (Å²) in [5.41, 5.74) is 2.36. The number of nitrogens with one attached hydrogen (secondary N) is 2. The molecule has 2 aromatic carbocycles. The third-order valence-electron chi connectivity index (χ3n) is 4.24. The number of allylic oxidation sites excluding steroid dienone is 1. The van der Waals surface area contributed by atoms with Crippen LogP contribution < -0.4 is 5.32 Å². The van der Waals surface area contributed by atoms with Gasteiger partial charge < -0.3 is 14.8 Å². The van der Waals surface area contributed by atoms with Crippen LogP contribution in [0.4, 0.5) is 10.1 Å². The van der Waals surface area contributed by atoms with Crippen molar-refractivity contribution in [2.24, 2.45) is 0 Å². The fourth-order valence-corrected chi connectivity index (χ4v) is 2.96. The first-order valence-electron chi connectivity index (χ1n) is 8.78. The van der Waals surface area contributed by atoms with Gasteiger partial charge in [-0.05, 0) is 23.8 Å². The van der Waals surface area contributed by atoms with Crippen molar-refractivity contribution >= 4 is 28.6 Å². The van der Waals surface area contributed by atoms with Gasteiger partial charge in [-0.1, -0.05) is 30.3 Å². The van der Waals surface area contributed by atoms with Crippen LogP contribution in [0, 0.1) is 5.82 Å². The number of anilines is 1. The van der Waals surface area contributed by atoms with Crippen molar-refractivity contribution < 1.29 is 18.7 Å². The van der Waals surface area contributed by atoms with Gasteiger partial charge in [0.2, 0.25) is 12.2 Å². The van der Waals surface area contributed by atoms with Crippen molar-refractivity contribution in [3.05, 3.63) is 77.6 Å². The highest BCUT2D eigenvalue weighted by atomic mass is 19.1. The summed E-state index contributed by atoms with van der Waals surface area (Å²) in [6.45, 7) is 1.33. The Bertz CT molecular complexity index is 1070. The van der Waals surface area contributed by atoms with Gasteiger partial charge in [-0.3, -0.25) is 9.89 Å². The zero-order valence-electron chi connectivity index (χ0n) is 15.1. The highest BCUT2D eigenvalue weighted by Gasteiger charge is 2.18. The molecule has 0 bridgehead atoms. The first-order valence-corrected chi connectivity index (χ1v) is 8.78. The summed E-state index contributed by atoms with van der Waals surface area (Å²) >= 11 is 0. The van der Waals surface area contributed by atoms with Crippen LogP contribution in [0.3, 0.4) is 0 Å². The van der Waals surface area contributed by atoms with E-state index in [4.69, 9.17) is 9.47 Å². The van der Waals surface area contributed by atoms with Gasteiger partial charge in [0.1, 0.15) is 12.1 Å². The fourth-order valence-electron chi connectivity index (χ4n) is 2.96. The second kappa shape index (κ2) is 7.56. The van der Waals surface area contributed by atoms with Gasteiger partial charge in [-0.15, -0.1) is 0 Å². The largest absolute Gasteiger partial charge is 0.458 e. The molecule has 28 heavy (non-hydrogen) atoms. The average Bonchev–Trinajstić information content (AvgIpc) is 3.27. The van der Waals surface area contributed by atoms with E-state index in [-0.39, 0.29) is 17.9 Å². The number of nitrogens with zero attached hydrogens (tertiary/aromatic N) is 1. The van der Waals surface area contributed by atoms with E-state index in [9.17, 15) is 9.18 Å². The third kappa shape index (κ3) is 3.88. The number of halogens is 1. The molecule has 1 aliphatic rings. The van der Waals surface area contributed by atoms with Crippen molar-refractivity contribution in [3.8, 4) is 0 Å². The number of aromatic nitrogens is 2. The number of hydrogen-bond donors (Lipinski definition) is 2. The second-order valence-electron chi connectivity index (χ2n) is 6.39. The van der Waals surface area contributed by atoms with Crippen LogP contribution in [0.1, 0.15) is 18.2 Å². The number of amides is 1. The number of benzene rings is 2. The SMILES string of the molecule is CC(=O)Nc1cc2c(C=CC3=COC(Cc4ccccc4)O3)n[nH]c2cc1F. The Kier molecular flexibility index (Phi) is 4.80. The van der Waals surface area contributed by atoms with Crippen molar-refractivity contribution in [3.63, 3.8) is 0 Å². The minimum Gasteiger partial charge on any atom is -0.458 e. The molecule has 0 spiro atoms. The number of carbonyl (C=O) groups excluding carboxylic acids is 1. The molecule has 3 aromatic rings. The molecule has 0 radical (unpaired) electrons. The predicted molar refractivity (Wildman–Crippen MR) is 104 cm³/mol. The van der Waals surface area contributed by atoms with E-state index in [0.29, 0.717) is 28.8 Å². The third-order valence-corrected chi connectivity index (χ3v) is 4.24. The molecule has 1 aromatic heterocycles. The van der Waals surface area contributed by atoms with Crippen molar-refractivity contribution in [1.29, 1.82) is 0 Å². The first-order chi connectivity index (χ1) is 13.6. The molecular weight excluding hydrogens is 361 g/mol. The second-order valence-corrected chi connectivity index (χ2v) is 6.39. The van der Waals surface area contributed by atoms with Crippen LogP contribution >= 0.6 is 0 Å². The van der Waals surface area contributed by atoms with Crippen LogP contribution in [-0.2, 0) is 20.7 Å². The molecule has 1 atom stereocenters. The van der Waals surface area contributed by atoms with E-state index in [1.165, 1.54) is 13.0 Å². The molecule has 1 unspecified atom stereocenters. The van der Waals surface area contributed by atoms with Crippen LogP contribution in [0.25, 0.3) is 17.0 Å². The van der Waals surface area contributed by atoms with Crippen LogP contribution in [0.2, 0.25) is 0 Å². The standard InChI is InChI=1S/C21H18FN3O3/c1-13(26)23-20-10-16-18(24-25-19(16)11-17(20)22)8-7-15-12-27-21(28-15)9-14-5-3-2-4-6-14/h2-8,10-12,21H,9H2,1H3,(H,23,26)(H,24,25). The summed E-state index contributed by atoms with van der Waals surface area (Å²) in [7, 11) is 0. The number of hydrogen-bond acceptors (Lipinski definition) is 4. The quantitative estimate of drug-likeness (QED) is 0.699. The molecule has 1 amide bonds. The van der Waals surface area contributed by atoms with Gasteiger partial charge in [0.15, 0.2) is 5.76 Å². The first kappa shape index (κ1) is 17.8. The van der Waals surface area contributed by atoms with Crippen molar-refractivity contribution in [2.75, 3.05) is 5.32 Å². The summed E-state index contributed by atoms with van der Waals surface area (Å²) in [6, 6.07) is 12.8. The van der Waals surface area contributed by atoms with Crippen LogP contribution in [0.5, 0.6) is 0 Å². The van der Waals surface area contributed by atoms with Gasteiger partial charge in [0, 0.05) is 24.8 Å². The van der Waals surface area contributed by atoms with E-state index in [1.807, 2.05) is 30.3 Å². The molecular formula is C21H18FN3O3. The highest BCUT2D eigenvalue weighted by molar-refractivity contribution is 5.95. The Morgan fingerprint density at radius 1 is 1.29 bits per heavy atom. The lowest BCUT2D eigenvalue weighted by atomic mass is 10.1. The molecule has 0 saturated heterocycles. The molecule has 7 heteroatoms. The molecule has 0 fully saturated rings. The minimum absolute atomic E-state index is 0.110. The maximum atomic E-state index is 14.0. The minimum atomic E-state index is -0.527. The molecule has 2 heterocycles. The van der Waals surface area contributed by atoms with E-state index in [2.05, 4.69) is 15.5 Å². The predicted octanol–water partition coefficient (Wildman–Crippen LogP) is 4.13. The number of ether oxygens (including phenoxy) is 2. The lowest BCUT2D eigenvalue weighted by Crippen LogP contribution is -2.11. The fraction of sp³-hybridized carbons (Fsp3) is 0.143. The molecule has 142 valence electrons. The Morgan fingerprint density at radius 2 is 2.11 bits per heavy atom. The van der Waals surface area contributed by atoms with Gasteiger partial charge in [0.25, 0.3) is 0 Å². The molecule has 0 aliphatic carbocycles. The van der Waals surface area contributed by atoms with Crippen molar-refractivity contribution in [1.82, 2.24) is 10.2 Å². The molecule has 2 N–H and O–H groups in total. The normalized spacial score (nSPS) is 16.1. The number of carbonyl (C=O) groups is 1.